The molecule has 1 unspecified atom stereocenters. The first-order valence-electron chi connectivity index (χ1n) is 7.45. The van der Waals surface area contributed by atoms with Crippen molar-refractivity contribution >= 4 is 27.3 Å². The van der Waals surface area contributed by atoms with E-state index in [0.29, 0.717) is 6.92 Å². The van der Waals surface area contributed by atoms with Gasteiger partial charge in [0.05, 0.1) is 0 Å². The van der Waals surface area contributed by atoms with Crippen LogP contribution >= 0.6 is 11.3 Å². The number of halogens is 3. The maximum Gasteiger partial charge on any atom is 0.426 e. The molecular formula is C14H19F3N2O4S2. The van der Waals surface area contributed by atoms with Gasteiger partial charge in [0.25, 0.3) is 15.9 Å². The largest absolute Gasteiger partial charge is 0.426 e. The third-order valence-corrected chi connectivity index (χ3v) is 7.57. The molecule has 0 aromatic carbocycles. The summed E-state index contributed by atoms with van der Waals surface area (Å²) in [5, 5.41) is 11.2. The van der Waals surface area contributed by atoms with Crippen molar-refractivity contribution in [2.24, 2.45) is 0 Å². The topological polar surface area (TPSA) is 77.9 Å². The number of aliphatic hydroxyl groups is 1. The Bertz CT molecular complexity index is 732. The summed E-state index contributed by atoms with van der Waals surface area (Å²) >= 11 is 1.04. The van der Waals surface area contributed by atoms with E-state index in [-0.39, 0.29) is 17.3 Å². The van der Waals surface area contributed by atoms with E-state index in [1.807, 2.05) is 0 Å². The van der Waals surface area contributed by atoms with E-state index in [1.165, 1.54) is 24.2 Å². The van der Waals surface area contributed by atoms with Crippen molar-refractivity contribution in [2.75, 3.05) is 13.1 Å². The van der Waals surface area contributed by atoms with Gasteiger partial charge >= 0.3 is 6.18 Å². The highest BCUT2D eigenvalue weighted by molar-refractivity contribution is 7.91. The van der Waals surface area contributed by atoms with E-state index in [9.17, 15) is 31.5 Å². The Kier molecular flexibility index (Phi) is 5.26. The van der Waals surface area contributed by atoms with Crippen molar-refractivity contribution in [3.8, 4) is 0 Å². The van der Waals surface area contributed by atoms with Crippen molar-refractivity contribution in [1.29, 1.82) is 0 Å². The number of alkyl halides is 3. The Morgan fingerprint density at radius 1 is 1.28 bits per heavy atom. The molecule has 1 aromatic rings. The minimum absolute atomic E-state index is 0.133. The molecular weight excluding hydrogens is 381 g/mol. The molecule has 0 saturated carbocycles. The van der Waals surface area contributed by atoms with Gasteiger partial charge in [-0.3, -0.25) is 4.79 Å². The molecule has 1 saturated heterocycles. The fourth-order valence-electron chi connectivity index (χ4n) is 2.64. The molecule has 1 aliphatic rings. The molecule has 1 N–H and O–H groups in total. The zero-order chi connectivity index (χ0) is 19.2. The van der Waals surface area contributed by atoms with Crippen LogP contribution in [0, 0.1) is 0 Å². The summed E-state index contributed by atoms with van der Waals surface area (Å²) in [6.45, 7) is 2.98. The summed E-state index contributed by atoms with van der Waals surface area (Å²) in [5.41, 5.74) is -3.52. The molecule has 3 atom stereocenters. The maximum absolute atomic E-state index is 12.9. The number of rotatable bonds is 3. The number of amides is 1. The summed E-state index contributed by atoms with van der Waals surface area (Å²) in [6.07, 6.45) is -5.12. The average molecular weight is 400 g/mol. The molecule has 0 bridgehead atoms. The van der Waals surface area contributed by atoms with Crippen molar-refractivity contribution in [2.45, 2.75) is 48.8 Å². The van der Waals surface area contributed by atoms with E-state index in [4.69, 9.17) is 0 Å². The molecule has 6 nitrogen and oxygen atoms in total. The van der Waals surface area contributed by atoms with E-state index in [0.717, 1.165) is 16.2 Å². The second-order valence-corrected chi connectivity index (χ2v) is 9.30. The van der Waals surface area contributed by atoms with Crippen LogP contribution in [0.5, 0.6) is 0 Å². The molecule has 1 aromatic heterocycles. The maximum atomic E-state index is 12.9. The van der Waals surface area contributed by atoms with Gasteiger partial charge in [-0.1, -0.05) is 6.07 Å². The molecule has 11 heteroatoms. The fourth-order valence-corrected chi connectivity index (χ4v) is 5.46. The minimum Gasteiger partial charge on any atom is -0.373 e. The van der Waals surface area contributed by atoms with E-state index < -0.39 is 39.8 Å². The van der Waals surface area contributed by atoms with E-state index in [1.54, 1.807) is 11.4 Å². The number of sulfonamides is 1. The quantitative estimate of drug-likeness (QED) is 0.837. The van der Waals surface area contributed by atoms with Gasteiger partial charge in [-0.05, 0) is 32.2 Å². The third kappa shape index (κ3) is 3.55. The molecule has 2 rings (SSSR count). The Morgan fingerprint density at radius 3 is 2.36 bits per heavy atom. The number of hydrogen-bond donors (Lipinski definition) is 1. The molecule has 1 aliphatic heterocycles. The molecule has 1 amide bonds. The second kappa shape index (κ2) is 6.53. The van der Waals surface area contributed by atoms with Gasteiger partial charge in [0.15, 0.2) is 0 Å². The predicted molar refractivity (Wildman–Crippen MR) is 85.5 cm³/mol. The standard InChI is InChI=1S/C14H19F3N2O4S2/c1-9-8-19(25(22,23)11-5-4-6-24-11)10(2)7-18(9)12(20)13(3,21)14(15,16)17/h4-6,9-10,21H,7-8H2,1-3H3/t9-,10-,13?/m1/s1. The Balaban J connectivity index is 2.25. The lowest BCUT2D eigenvalue weighted by Crippen LogP contribution is -2.65. The summed E-state index contributed by atoms with van der Waals surface area (Å²) < 4.78 is 65.3. The van der Waals surface area contributed by atoms with Gasteiger partial charge < -0.3 is 10.0 Å². The monoisotopic (exact) mass is 400 g/mol. The highest BCUT2D eigenvalue weighted by Gasteiger charge is 2.58. The van der Waals surface area contributed by atoms with Crippen molar-refractivity contribution in [3.05, 3.63) is 17.5 Å². The molecule has 1 fully saturated rings. The zero-order valence-corrected chi connectivity index (χ0v) is 15.5. The van der Waals surface area contributed by atoms with Crippen LogP contribution in [0.4, 0.5) is 13.2 Å². The van der Waals surface area contributed by atoms with Crippen LogP contribution in [0.15, 0.2) is 21.7 Å². The lowest BCUT2D eigenvalue weighted by atomic mass is 10.0. The van der Waals surface area contributed by atoms with Gasteiger partial charge in [0.1, 0.15) is 4.21 Å². The molecule has 25 heavy (non-hydrogen) atoms. The normalized spacial score (nSPS) is 25.6. The van der Waals surface area contributed by atoms with E-state index in [2.05, 4.69) is 0 Å². The van der Waals surface area contributed by atoms with Crippen molar-refractivity contribution in [1.82, 2.24) is 9.21 Å². The van der Waals surface area contributed by atoms with Gasteiger partial charge in [-0.15, -0.1) is 11.3 Å². The van der Waals surface area contributed by atoms with Crippen LogP contribution in [0.1, 0.15) is 20.8 Å². The number of piperazine rings is 1. The first-order valence-corrected chi connectivity index (χ1v) is 9.77. The van der Waals surface area contributed by atoms with Crippen LogP contribution in [0.3, 0.4) is 0 Å². The van der Waals surface area contributed by atoms with Crippen molar-refractivity contribution in [3.63, 3.8) is 0 Å². The van der Waals surface area contributed by atoms with Crippen LogP contribution in [0.2, 0.25) is 0 Å². The summed E-state index contributed by atoms with van der Waals surface area (Å²) in [4.78, 5) is 13.1. The Labute approximate surface area is 147 Å². The number of nitrogens with zero attached hydrogens (tertiary/aromatic N) is 2. The zero-order valence-electron chi connectivity index (χ0n) is 13.8. The van der Waals surface area contributed by atoms with Crippen molar-refractivity contribution < 1.29 is 31.5 Å². The van der Waals surface area contributed by atoms with Crippen LogP contribution in [-0.2, 0) is 14.8 Å². The molecule has 0 radical (unpaired) electrons. The number of carbonyl (C=O) groups excluding carboxylic acids is 1. The van der Waals surface area contributed by atoms with Crippen LogP contribution in [-0.4, -0.2) is 65.6 Å². The third-order valence-electron chi connectivity index (χ3n) is 4.22. The predicted octanol–water partition coefficient (Wildman–Crippen LogP) is 1.67. The minimum atomic E-state index is -5.12. The van der Waals surface area contributed by atoms with Gasteiger partial charge in [0, 0.05) is 25.2 Å². The summed E-state index contributed by atoms with van der Waals surface area (Å²) in [7, 11) is -3.78. The van der Waals surface area contributed by atoms with Gasteiger partial charge in [-0.2, -0.15) is 17.5 Å². The molecule has 0 spiro atoms. The average Bonchev–Trinajstić information content (AvgIpc) is 3.02. The molecule has 2 heterocycles. The number of thiophene rings is 1. The SMILES string of the molecule is C[C@@H]1CN(S(=O)(=O)c2cccs2)[C@H](C)CN1C(=O)C(C)(O)C(F)(F)F. The fraction of sp³-hybridized carbons (Fsp3) is 0.643. The lowest BCUT2D eigenvalue weighted by Gasteiger charge is -2.45. The molecule has 142 valence electrons. The Morgan fingerprint density at radius 2 is 1.88 bits per heavy atom. The molecule has 0 aliphatic carbocycles. The summed E-state index contributed by atoms with van der Waals surface area (Å²) in [6, 6.07) is 1.50. The first kappa shape index (κ1) is 20.1. The number of carbonyl (C=O) groups is 1. The van der Waals surface area contributed by atoms with Gasteiger partial charge in [-0.25, -0.2) is 8.42 Å². The first-order chi connectivity index (χ1) is 11.3. The smallest absolute Gasteiger partial charge is 0.373 e. The van der Waals surface area contributed by atoms with Crippen LogP contribution < -0.4 is 0 Å². The highest BCUT2D eigenvalue weighted by Crippen LogP contribution is 2.34. The number of hydrogen-bond acceptors (Lipinski definition) is 5. The van der Waals surface area contributed by atoms with E-state index >= 15 is 0 Å². The summed E-state index contributed by atoms with van der Waals surface area (Å²) in [5.74, 6) is -1.48. The second-order valence-electron chi connectivity index (χ2n) is 6.23. The van der Waals surface area contributed by atoms with Crippen LogP contribution in [0.25, 0.3) is 0 Å². The van der Waals surface area contributed by atoms with Gasteiger partial charge in [0.2, 0.25) is 5.60 Å². The Hall–Kier alpha value is -1.17. The lowest BCUT2D eigenvalue weighted by molar-refractivity contribution is -0.251. The highest BCUT2D eigenvalue weighted by atomic mass is 32.2.